The van der Waals surface area contributed by atoms with Crippen LogP contribution in [0.25, 0.3) is 0 Å². The topological polar surface area (TPSA) is 82.1 Å². The number of ether oxygens (including phenoxy) is 3. The van der Waals surface area contributed by atoms with E-state index in [0.717, 1.165) is 0 Å². The van der Waals surface area contributed by atoms with Gasteiger partial charge in [0.05, 0.1) is 7.11 Å². The van der Waals surface area contributed by atoms with Gasteiger partial charge in [0.15, 0.2) is 6.04 Å². The number of nitrogens with zero attached hydrogens (tertiary/aromatic N) is 1. The molecule has 2 amide bonds. The van der Waals surface area contributed by atoms with Crippen LogP contribution in [0.2, 0.25) is 0 Å². The molecule has 2 atom stereocenters. The minimum Gasteiger partial charge on any atom is -0.467 e. The molecule has 0 spiro atoms. The molecule has 0 aliphatic carbocycles. The van der Waals surface area contributed by atoms with Crippen LogP contribution in [0.1, 0.15) is 34.6 Å². The Morgan fingerprint density at radius 1 is 1.30 bits per heavy atom. The van der Waals surface area contributed by atoms with Gasteiger partial charge in [0.2, 0.25) is 0 Å². The predicted octanol–water partition coefficient (Wildman–Crippen LogP) is 1.94. The van der Waals surface area contributed by atoms with Crippen molar-refractivity contribution in [2.24, 2.45) is 5.92 Å². The highest BCUT2D eigenvalue weighted by molar-refractivity contribution is 5.96. The number of imide groups is 1. The van der Waals surface area contributed by atoms with E-state index in [1.807, 2.05) is 0 Å². The Labute approximate surface area is 118 Å². The Morgan fingerprint density at radius 3 is 2.25 bits per heavy atom. The highest BCUT2D eigenvalue weighted by Gasteiger charge is 2.52. The summed E-state index contributed by atoms with van der Waals surface area (Å²) in [5, 5.41) is 0. The molecule has 1 heterocycles. The van der Waals surface area contributed by atoms with Gasteiger partial charge in [0.1, 0.15) is 11.7 Å². The van der Waals surface area contributed by atoms with Crippen molar-refractivity contribution in [1.29, 1.82) is 0 Å². The minimum absolute atomic E-state index is 0.143. The third kappa shape index (κ3) is 3.40. The van der Waals surface area contributed by atoms with Crippen molar-refractivity contribution < 1.29 is 28.6 Å². The molecule has 0 radical (unpaired) electrons. The van der Waals surface area contributed by atoms with Crippen molar-refractivity contribution in [1.82, 2.24) is 4.90 Å². The molecule has 7 heteroatoms. The fourth-order valence-electron chi connectivity index (χ4n) is 1.86. The number of rotatable bonds is 2. The summed E-state index contributed by atoms with van der Waals surface area (Å²) in [7, 11) is 1.19. The number of carbonyl (C=O) groups is 3. The summed E-state index contributed by atoms with van der Waals surface area (Å²) < 4.78 is 14.9. The molecule has 0 aromatic rings. The maximum Gasteiger partial charge on any atom is 0.420 e. The highest BCUT2D eigenvalue weighted by atomic mass is 16.6. The summed E-state index contributed by atoms with van der Waals surface area (Å²) in [6.07, 6.45) is -2.56. The van der Waals surface area contributed by atoms with Crippen molar-refractivity contribution in [3.63, 3.8) is 0 Å². The van der Waals surface area contributed by atoms with Crippen molar-refractivity contribution in [3.8, 4) is 0 Å². The summed E-state index contributed by atoms with van der Waals surface area (Å²) in [6, 6.07) is -1.12. The molecule has 1 aliphatic heterocycles. The van der Waals surface area contributed by atoms with Crippen molar-refractivity contribution in [2.45, 2.75) is 52.4 Å². The molecule has 0 bridgehead atoms. The largest absolute Gasteiger partial charge is 0.467 e. The maximum atomic E-state index is 12.1. The van der Waals surface area contributed by atoms with Crippen molar-refractivity contribution in [3.05, 3.63) is 0 Å². The molecule has 0 aromatic heterocycles. The molecule has 7 nitrogen and oxygen atoms in total. The first-order valence-corrected chi connectivity index (χ1v) is 6.39. The van der Waals surface area contributed by atoms with E-state index < -0.39 is 35.9 Å². The molecule has 0 saturated carbocycles. The fourth-order valence-corrected chi connectivity index (χ4v) is 1.86. The number of esters is 1. The number of cyclic esters (lactones) is 1. The standard InChI is InChI=1S/C13H21NO6/c1-7(2)9-8(10(15)18-6)14(11(16)19-9)12(17)20-13(3,4)5/h7-9H,1-6H3/t8-,9-/m1/s1. The summed E-state index contributed by atoms with van der Waals surface area (Å²) >= 11 is 0. The van der Waals surface area contributed by atoms with Crippen LogP contribution in [0.4, 0.5) is 9.59 Å². The van der Waals surface area contributed by atoms with E-state index in [9.17, 15) is 14.4 Å². The van der Waals surface area contributed by atoms with Crippen LogP contribution in [-0.2, 0) is 19.0 Å². The summed E-state index contributed by atoms with van der Waals surface area (Å²) in [5.74, 6) is -0.851. The average Bonchev–Trinajstić information content (AvgIpc) is 2.63. The Kier molecular flexibility index (Phi) is 4.62. The molecule has 1 rings (SSSR count). The van der Waals surface area contributed by atoms with Gasteiger partial charge in [-0.25, -0.2) is 14.4 Å². The molecule has 0 aromatic carbocycles. The number of methoxy groups -OCH3 is 1. The van der Waals surface area contributed by atoms with Gasteiger partial charge in [-0.2, -0.15) is 4.90 Å². The first-order chi connectivity index (χ1) is 9.08. The summed E-state index contributed by atoms with van der Waals surface area (Å²) in [5.41, 5.74) is -0.784. The van der Waals surface area contributed by atoms with E-state index in [0.29, 0.717) is 4.90 Å². The molecule has 1 fully saturated rings. The maximum absolute atomic E-state index is 12.1. The Bertz CT molecular complexity index is 412. The SMILES string of the molecule is COC(=O)[C@H]1[C@@H](C(C)C)OC(=O)N1C(=O)OC(C)(C)C. The van der Waals surface area contributed by atoms with Crippen LogP contribution >= 0.6 is 0 Å². The summed E-state index contributed by atoms with van der Waals surface area (Å²) in [6.45, 7) is 8.57. The van der Waals surface area contributed by atoms with Crippen LogP contribution in [0.15, 0.2) is 0 Å². The second kappa shape index (κ2) is 5.68. The lowest BCUT2D eigenvalue weighted by Gasteiger charge is -2.26. The lowest BCUT2D eigenvalue weighted by atomic mass is 10.00. The molecule has 1 aliphatic rings. The zero-order chi connectivity index (χ0) is 15.7. The minimum atomic E-state index is -1.12. The van der Waals surface area contributed by atoms with E-state index >= 15 is 0 Å². The van der Waals surface area contributed by atoms with E-state index in [1.54, 1.807) is 34.6 Å². The van der Waals surface area contributed by atoms with Crippen LogP contribution in [0.5, 0.6) is 0 Å². The van der Waals surface area contributed by atoms with Crippen LogP contribution < -0.4 is 0 Å². The van der Waals surface area contributed by atoms with Gasteiger partial charge >= 0.3 is 18.2 Å². The van der Waals surface area contributed by atoms with Crippen LogP contribution in [0.3, 0.4) is 0 Å². The lowest BCUT2D eigenvalue weighted by molar-refractivity contribution is -0.147. The zero-order valence-electron chi connectivity index (χ0n) is 12.6. The first kappa shape index (κ1) is 16.3. The average molecular weight is 287 g/mol. The molecular formula is C13H21NO6. The second-order valence-corrected chi connectivity index (χ2v) is 5.91. The van der Waals surface area contributed by atoms with Gasteiger partial charge in [-0.1, -0.05) is 13.8 Å². The van der Waals surface area contributed by atoms with Crippen LogP contribution in [0, 0.1) is 5.92 Å². The number of hydrogen-bond acceptors (Lipinski definition) is 6. The van der Waals surface area contributed by atoms with Gasteiger partial charge in [0, 0.05) is 0 Å². The quantitative estimate of drug-likeness (QED) is 0.570. The Morgan fingerprint density at radius 2 is 1.85 bits per heavy atom. The lowest BCUT2D eigenvalue weighted by Crippen LogP contribution is -2.49. The third-order valence-corrected chi connectivity index (χ3v) is 2.71. The predicted molar refractivity (Wildman–Crippen MR) is 69.0 cm³/mol. The monoisotopic (exact) mass is 287 g/mol. The molecule has 1 saturated heterocycles. The van der Waals surface area contributed by atoms with Gasteiger partial charge in [0.25, 0.3) is 0 Å². The normalized spacial score (nSPS) is 22.8. The van der Waals surface area contributed by atoms with E-state index in [-0.39, 0.29) is 5.92 Å². The van der Waals surface area contributed by atoms with Crippen LogP contribution in [-0.4, -0.2) is 47.9 Å². The van der Waals surface area contributed by atoms with Gasteiger partial charge in [-0.15, -0.1) is 0 Å². The Balaban J connectivity index is 3.05. The molecule has 114 valence electrons. The molecule has 0 N–H and O–H groups in total. The number of carbonyl (C=O) groups excluding carboxylic acids is 3. The van der Waals surface area contributed by atoms with Gasteiger partial charge in [-0.05, 0) is 26.7 Å². The number of amides is 2. The third-order valence-electron chi connectivity index (χ3n) is 2.71. The first-order valence-electron chi connectivity index (χ1n) is 6.39. The van der Waals surface area contributed by atoms with E-state index in [4.69, 9.17) is 9.47 Å². The van der Waals surface area contributed by atoms with Crippen molar-refractivity contribution in [2.75, 3.05) is 7.11 Å². The fraction of sp³-hybridized carbons (Fsp3) is 0.769. The molecular weight excluding hydrogens is 266 g/mol. The van der Waals surface area contributed by atoms with E-state index in [2.05, 4.69) is 4.74 Å². The molecule has 0 unspecified atom stereocenters. The highest BCUT2D eigenvalue weighted by Crippen LogP contribution is 2.27. The van der Waals surface area contributed by atoms with Gasteiger partial charge in [-0.3, -0.25) is 0 Å². The smallest absolute Gasteiger partial charge is 0.420 e. The number of hydrogen-bond donors (Lipinski definition) is 0. The zero-order valence-corrected chi connectivity index (χ0v) is 12.6. The van der Waals surface area contributed by atoms with Gasteiger partial charge < -0.3 is 14.2 Å². The van der Waals surface area contributed by atoms with Crippen molar-refractivity contribution >= 4 is 18.2 Å². The Hall–Kier alpha value is -1.79. The summed E-state index contributed by atoms with van der Waals surface area (Å²) in [4.78, 5) is 36.4. The second-order valence-electron chi connectivity index (χ2n) is 5.91. The van der Waals surface area contributed by atoms with E-state index in [1.165, 1.54) is 7.11 Å². The molecule has 20 heavy (non-hydrogen) atoms.